The number of hydrogen-bond donors (Lipinski definition) is 2. The van der Waals surface area contributed by atoms with Gasteiger partial charge in [0.15, 0.2) is 0 Å². The van der Waals surface area contributed by atoms with Crippen molar-refractivity contribution in [3.63, 3.8) is 0 Å². The molecule has 0 fully saturated rings. The van der Waals surface area contributed by atoms with E-state index < -0.39 is 7.12 Å². The van der Waals surface area contributed by atoms with Crippen LogP contribution in [0.15, 0.2) is 18.2 Å². The zero-order chi connectivity index (χ0) is 9.84. The van der Waals surface area contributed by atoms with E-state index in [2.05, 4.69) is 6.92 Å². The summed E-state index contributed by atoms with van der Waals surface area (Å²) >= 11 is 0. The number of hydrogen-bond acceptors (Lipinski definition) is 2. The molecular weight excluding hydrogens is 163 g/mol. The highest BCUT2D eigenvalue weighted by Crippen LogP contribution is 2.05. The average molecular weight is 178 g/mol. The van der Waals surface area contributed by atoms with Gasteiger partial charge in [0.1, 0.15) is 0 Å². The molecule has 1 rings (SSSR count). The predicted molar refractivity (Wildman–Crippen MR) is 55.0 cm³/mol. The normalized spacial score (nSPS) is 10.2. The molecule has 0 spiro atoms. The van der Waals surface area contributed by atoms with Gasteiger partial charge in [-0.15, -0.1) is 0 Å². The Balaban J connectivity index is 3.08. The monoisotopic (exact) mass is 178 g/mol. The van der Waals surface area contributed by atoms with Crippen molar-refractivity contribution in [2.45, 2.75) is 26.7 Å². The Hall–Kier alpha value is -0.795. The molecule has 13 heavy (non-hydrogen) atoms. The second-order valence-corrected chi connectivity index (χ2v) is 3.11. The van der Waals surface area contributed by atoms with Gasteiger partial charge in [-0.3, -0.25) is 0 Å². The van der Waals surface area contributed by atoms with Crippen LogP contribution in [-0.2, 0) is 12.8 Å². The first-order valence-corrected chi connectivity index (χ1v) is 4.66. The van der Waals surface area contributed by atoms with E-state index in [4.69, 9.17) is 10.0 Å². The van der Waals surface area contributed by atoms with Gasteiger partial charge in [0, 0.05) is 0 Å². The van der Waals surface area contributed by atoms with Gasteiger partial charge in [-0.2, -0.15) is 0 Å². The lowest BCUT2D eigenvalue weighted by atomic mass is 9.76. The van der Waals surface area contributed by atoms with Crippen molar-refractivity contribution in [3.8, 4) is 0 Å². The molecule has 0 amide bonds. The third kappa shape index (κ3) is 2.33. The van der Waals surface area contributed by atoms with Crippen molar-refractivity contribution in [1.29, 1.82) is 0 Å². The summed E-state index contributed by atoms with van der Waals surface area (Å²) in [5.41, 5.74) is 2.88. The third-order valence-corrected chi connectivity index (χ3v) is 2.27. The molecular formula is C10H15BO2. The molecule has 0 saturated heterocycles. The van der Waals surface area contributed by atoms with Crippen LogP contribution in [0.3, 0.4) is 0 Å². The minimum Gasteiger partial charge on any atom is -0.423 e. The van der Waals surface area contributed by atoms with E-state index in [-0.39, 0.29) is 0 Å². The Bertz CT molecular complexity index is 284. The van der Waals surface area contributed by atoms with E-state index >= 15 is 0 Å². The van der Waals surface area contributed by atoms with Gasteiger partial charge in [-0.05, 0) is 29.4 Å². The lowest BCUT2D eigenvalue weighted by Crippen LogP contribution is -2.32. The zero-order valence-corrected chi connectivity index (χ0v) is 8.12. The molecule has 0 aromatic heterocycles. The zero-order valence-electron chi connectivity index (χ0n) is 8.12. The molecule has 0 unspecified atom stereocenters. The maximum atomic E-state index is 9.05. The maximum Gasteiger partial charge on any atom is 0.488 e. The molecule has 70 valence electrons. The minimum atomic E-state index is -1.35. The Kier molecular flexibility index (Phi) is 3.52. The van der Waals surface area contributed by atoms with Gasteiger partial charge in [0.05, 0.1) is 0 Å². The van der Waals surface area contributed by atoms with E-state index in [9.17, 15) is 0 Å². The molecule has 1 aromatic rings. The van der Waals surface area contributed by atoms with Gasteiger partial charge in [0.25, 0.3) is 0 Å². The van der Waals surface area contributed by atoms with Crippen molar-refractivity contribution < 1.29 is 10.0 Å². The first kappa shape index (κ1) is 10.3. The minimum absolute atomic E-state index is 0.625. The topological polar surface area (TPSA) is 40.5 Å². The summed E-state index contributed by atoms with van der Waals surface area (Å²) < 4.78 is 0. The molecule has 0 aliphatic heterocycles. The van der Waals surface area contributed by atoms with Crippen LogP contribution in [0.5, 0.6) is 0 Å². The second-order valence-electron chi connectivity index (χ2n) is 3.11. The molecule has 0 aliphatic rings. The number of benzene rings is 1. The molecule has 0 bridgehead atoms. The van der Waals surface area contributed by atoms with Crippen LogP contribution < -0.4 is 5.46 Å². The highest BCUT2D eigenvalue weighted by molar-refractivity contribution is 6.59. The lowest BCUT2D eigenvalue weighted by molar-refractivity contribution is 0.425. The first-order chi connectivity index (χ1) is 6.19. The molecule has 1 aromatic carbocycles. The quantitative estimate of drug-likeness (QED) is 0.661. The van der Waals surface area contributed by atoms with Gasteiger partial charge in [-0.25, -0.2) is 0 Å². The number of aryl methyl sites for hydroxylation is 2. The summed E-state index contributed by atoms with van der Waals surface area (Å²) in [6.45, 7) is 4.10. The van der Waals surface area contributed by atoms with Crippen LogP contribution in [0.1, 0.15) is 25.0 Å². The van der Waals surface area contributed by atoms with Crippen molar-refractivity contribution in [2.24, 2.45) is 0 Å². The van der Waals surface area contributed by atoms with Crippen LogP contribution >= 0.6 is 0 Å². The Morgan fingerprint density at radius 1 is 1.15 bits per heavy atom. The van der Waals surface area contributed by atoms with E-state index in [0.717, 1.165) is 18.4 Å². The molecule has 0 atom stereocenters. The standard InChI is InChI=1S/C10H15BO2/c1-3-8-5-6-10(11(12)13)9(4-2)7-8/h5-7,12-13H,3-4H2,1-2H3. The molecule has 2 nitrogen and oxygen atoms in total. The van der Waals surface area contributed by atoms with Crippen LogP contribution in [-0.4, -0.2) is 17.2 Å². The fraction of sp³-hybridized carbons (Fsp3) is 0.400. The van der Waals surface area contributed by atoms with E-state index in [1.54, 1.807) is 6.07 Å². The SMILES string of the molecule is CCc1ccc(B(O)O)c(CC)c1. The fourth-order valence-electron chi connectivity index (χ4n) is 1.44. The number of rotatable bonds is 3. The summed E-state index contributed by atoms with van der Waals surface area (Å²) in [5.74, 6) is 0. The van der Waals surface area contributed by atoms with Crippen molar-refractivity contribution in [2.75, 3.05) is 0 Å². The van der Waals surface area contributed by atoms with Crippen LogP contribution in [0.25, 0.3) is 0 Å². The van der Waals surface area contributed by atoms with Gasteiger partial charge >= 0.3 is 7.12 Å². The van der Waals surface area contributed by atoms with Crippen LogP contribution in [0.2, 0.25) is 0 Å². The second kappa shape index (κ2) is 4.44. The smallest absolute Gasteiger partial charge is 0.423 e. The van der Waals surface area contributed by atoms with Crippen molar-refractivity contribution >= 4 is 12.6 Å². The largest absolute Gasteiger partial charge is 0.488 e. The first-order valence-electron chi connectivity index (χ1n) is 4.66. The van der Waals surface area contributed by atoms with Crippen molar-refractivity contribution in [1.82, 2.24) is 0 Å². The summed E-state index contributed by atoms with van der Waals surface area (Å²) in [6, 6.07) is 5.77. The molecule has 2 N–H and O–H groups in total. The van der Waals surface area contributed by atoms with E-state index in [1.807, 2.05) is 19.1 Å². The van der Waals surface area contributed by atoms with E-state index in [1.165, 1.54) is 5.56 Å². The highest BCUT2D eigenvalue weighted by atomic mass is 16.4. The molecule has 0 heterocycles. The Labute approximate surface area is 79.4 Å². The third-order valence-electron chi connectivity index (χ3n) is 2.27. The molecule has 0 saturated carbocycles. The maximum absolute atomic E-state index is 9.05. The van der Waals surface area contributed by atoms with Crippen molar-refractivity contribution in [3.05, 3.63) is 29.3 Å². The van der Waals surface area contributed by atoms with E-state index in [0.29, 0.717) is 5.46 Å². The lowest BCUT2D eigenvalue weighted by Gasteiger charge is -2.08. The summed E-state index contributed by atoms with van der Waals surface area (Å²) in [4.78, 5) is 0. The average Bonchev–Trinajstić information content (AvgIpc) is 2.16. The highest BCUT2D eigenvalue weighted by Gasteiger charge is 2.14. The predicted octanol–water partition coefficient (Wildman–Crippen LogP) is 0.491. The molecule has 0 aliphatic carbocycles. The van der Waals surface area contributed by atoms with Crippen LogP contribution in [0, 0.1) is 0 Å². The summed E-state index contributed by atoms with van der Waals surface area (Å²) in [7, 11) is -1.35. The van der Waals surface area contributed by atoms with Crippen LogP contribution in [0.4, 0.5) is 0 Å². The van der Waals surface area contributed by atoms with Gasteiger partial charge in [0.2, 0.25) is 0 Å². The Morgan fingerprint density at radius 2 is 1.85 bits per heavy atom. The Morgan fingerprint density at radius 3 is 2.31 bits per heavy atom. The molecule has 3 heteroatoms. The molecule has 0 radical (unpaired) electrons. The van der Waals surface area contributed by atoms with Gasteiger partial charge in [-0.1, -0.05) is 32.0 Å². The fourth-order valence-corrected chi connectivity index (χ4v) is 1.44. The van der Waals surface area contributed by atoms with Gasteiger partial charge < -0.3 is 10.0 Å². The summed E-state index contributed by atoms with van der Waals surface area (Å²) in [5, 5.41) is 18.1. The summed E-state index contributed by atoms with van der Waals surface area (Å²) in [6.07, 6.45) is 1.82.